The van der Waals surface area contributed by atoms with E-state index in [2.05, 4.69) is 43.7 Å². The van der Waals surface area contributed by atoms with Gasteiger partial charge in [0.15, 0.2) is 0 Å². The number of carbonyl (C=O) groups is 1. The minimum absolute atomic E-state index is 0.0354. The Kier molecular flexibility index (Phi) is 5.82. The monoisotopic (exact) mass is 345 g/mol. The summed E-state index contributed by atoms with van der Waals surface area (Å²) in [4.78, 5) is 13.8. The van der Waals surface area contributed by atoms with Crippen LogP contribution in [0, 0.1) is 0 Å². The van der Waals surface area contributed by atoms with Crippen LogP contribution in [0.25, 0.3) is 11.1 Å². The first kappa shape index (κ1) is 17.9. The molecule has 0 aliphatic rings. The van der Waals surface area contributed by atoms with Gasteiger partial charge in [-0.15, -0.1) is 0 Å². The molecular weight excluding hydrogens is 320 g/mol. The highest BCUT2D eigenvalue weighted by atomic mass is 16.1. The quantitative estimate of drug-likeness (QED) is 0.708. The number of carbonyl (C=O) groups excluding carboxylic acids is 1. The number of quaternary nitrogens is 1. The van der Waals surface area contributed by atoms with Gasteiger partial charge in [0.05, 0.1) is 20.6 Å². The summed E-state index contributed by atoms with van der Waals surface area (Å²) in [5.41, 5.74) is 4.18. The predicted molar refractivity (Wildman–Crippen MR) is 106 cm³/mol. The van der Waals surface area contributed by atoms with Gasteiger partial charge in [0.2, 0.25) is 0 Å². The van der Waals surface area contributed by atoms with Gasteiger partial charge in [0.1, 0.15) is 6.04 Å². The van der Waals surface area contributed by atoms with Crippen LogP contribution in [0.15, 0.2) is 84.9 Å². The zero-order chi connectivity index (χ0) is 18.4. The number of benzene rings is 3. The summed E-state index contributed by atoms with van der Waals surface area (Å²) < 4.78 is 0. The highest BCUT2D eigenvalue weighted by molar-refractivity contribution is 5.94. The number of amides is 1. The van der Waals surface area contributed by atoms with Gasteiger partial charge < -0.3 is 10.2 Å². The van der Waals surface area contributed by atoms with Crippen molar-refractivity contribution in [3.63, 3.8) is 0 Å². The van der Waals surface area contributed by atoms with Crippen molar-refractivity contribution < 1.29 is 9.69 Å². The van der Waals surface area contributed by atoms with Crippen molar-refractivity contribution in [2.24, 2.45) is 0 Å². The zero-order valence-corrected chi connectivity index (χ0v) is 15.3. The van der Waals surface area contributed by atoms with Gasteiger partial charge in [-0.3, -0.25) is 4.79 Å². The zero-order valence-electron chi connectivity index (χ0n) is 15.3. The van der Waals surface area contributed by atoms with Gasteiger partial charge in [-0.1, -0.05) is 72.8 Å². The lowest BCUT2D eigenvalue weighted by atomic mass is 10.0. The summed E-state index contributed by atoms with van der Waals surface area (Å²) in [6.07, 6.45) is 0. The van der Waals surface area contributed by atoms with Crippen LogP contribution in [0.2, 0.25) is 0 Å². The lowest BCUT2D eigenvalue weighted by Gasteiger charge is -2.22. The second kappa shape index (κ2) is 8.45. The fraction of sp³-hybridized carbons (Fsp3) is 0.174. The van der Waals surface area contributed by atoms with E-state index in [0.29, 0.717) is 12.1 Å². The van der Waals surface area contributed by atoms with Gasteiger partial charge in [0.25, 0.3) is 5.91 Å². The highest BCUT2D eigenvalue weighted by Gasteiger charge is 2.18. The smallest absolute Gasteiger partial charge is 0.251 e. The van der Waals surface area contributed by atoms with Gasteiger partial charge in [-0.2, -0.15) is 0 Å². The molecule has 3 nitrogen and oxygen atoms in total. The van der Waals surface area contributed by atoms with Crippen LogP contribution in [-0.2, 0) is 0 Å². The molecule has 0 aromatic heterocycles. The van der Waals surface area contributed by atoms with Crippen molar-refractivity contribution in [3.8, 4) is 11.1 Å². The topological polar surface area (TPSA) is 33.5 Å². The molecule has 0 fully saturated rings. The Morgan fingerprint density at radius 2 is 1.35 bits per heavy atom. The minimum atomic E-state index is -0.0354. The maximum absolute atomic E-state index is 12.5. The Labute approximate surface area is 155 Å². The van der Waals surface area contributed by atoms with Crippen LogP contribution in [0.1, 0.15) is 22.0 Å². The summed E-state index contributed by atoms with van der Waals surface area (Å²) >= 11 is 0. The molecule has 0 heterocycles. The normalized spacial score (nSPS) is 12.0. The molecule has 3 heteroatoms. The van der Waals surface area contributed by atoms with Crippen LogP contribution in [0.3, 0.4) is 0 Å². The van der Waals surface area contributed by atoms with Crippen molar-refractivity contribution in [2.45, 2.75) is 6.04 Å². The Hall–Kier alpha value is -2.91. The largest absolute Gasteiger partial charge is 0.346 e. The Morgan fingerprint density at radius 3 is 1.92 bits per heavy atom. The molecule has 0 radical (unpaired) electrons. The van der Waals surface area contributed by atoms with Crippen LogP contribution in [0.5, 0.6) is 0 Å². The van der Waals surface area contributed by atoms with E-state index in [1.54, 1.807) is 0 Å². The summed E-state index contributed by atoms with van der Waals surface area (Å²) in [6, 6.07) is 28.5. The first-order valence-corrected chi connectivity index (χ1v) is 8.94. The van der Waals surface area contributed by atoms with Crippen molar-refractivity contribution in [1.29, 1.82) is 0 Å². The number of likely N-dealkylation sites (N-methyl/N-ethyl adjacent to an activating group) is 1. The fourth-order valence-electron chi connectivity index (χ4n) is 3.08. The van der Waals surface area contributed by atoms with E-state index in [1.807, 2.05) is 60.7 Å². The maximum Gasteiger partial charge on any atom is 0.251 e. The third-order valence-electron chi connectivity index (χ3n) is 4.62. The van der Waals surface area contributed by atoms with Gasteiger partial charge in [0, 0.05) is 11.1 Å². The predicted octanol–water partition coefficient (Wildman–Crippen LogP) is 2.97. The molecule has 0 spiro atoms. The number of rotatable bonds is 6. The van der Waals surface area contributed by atoms with Crippen molar-refractivity contribution >= 4 is 5.91 Å². The minimum Gasteiger partial charge on any atom is -0.346 e. The molecule has 0 bridgehead atoms. The van der Waals surface area contributed by atoms with Crippen molar-refractivity contribution in [2.75, 3.05) is 20.6 Å². The molecule has 0 unspecified atom stereocenters. The second-order valence-electron chi connectivity index (χ2n) is 6.69. The molecule has 1 amide bonds. The van der Waals surface area contributed by atoms with Crippen LogP contribution < -0.4 is 10.2 Å². The van der Waals surface area contributed by atoms with Gasteiger partial charge in [-0.05, 0) is 23.3 Å². The van der Waals surface area contributed by atoms with Crippen molar-refractivity contribution in [1.82, 2.24) is 5.32 Å². The molecule has 3 rings (SSSR count). The van der Waals surface area contributed by atoms with Crippen LogP contribution in [-0.4, -0.2) is 26.5 Å². The summed E-state index contributed by atoms with van der Waals surface area (Å²) in [6.45, 7) is 0.603. The Balaban J connectivity index is 1.66. The third kappa shape index (κ3) is 4.38. The molecule has 3 aromatic rings. The molecule has 0 aliphatic carbocycles. The van der Waals surface area contributed by atoms with E-state index in [9.17, 15) is 4.79 Å². The van der Waals surface area contributed by atoms with E-state index in [0.717, 1.165) is 11.1 Å². The van der Waals surface area contributed by atoms with Crippen LogP contribution in [0.4, 0.5) is 0 Å². The number of hydrogen-bond acceptors (Lipinski definition) is 1. The van der Waals surface area contributed by atoms with E-state index in [-0.39, 0.29) is 11.9 Å². The fourth-order valence-corrected chi connectivity index (χ4v) is 3.08. The summed E-state index contributed by atoms with van der Waals surface area (Å²) in [7, 11) is 4.22. The SMILES string of the molecule is C[NH+](C)[C@@H](CNC(=O)c1ccc(-c2ccccc2)cc1)c1ccccc1. The molecule has 0 saturated heterocycles. The van der Waals surface area contributed by atoms with Crippen LogP contribution >= 0.6 is 0 Å². The average Bonchev–Trinajstić information content (AvgIpc) is 2.69. The summed E-state index contributed by atoms with van der Waals surface area (Å²) in [5, 5.41) is 3.08. The molecule has 0 aliphatic heterocycles. The maximum atomic E-state index is 12.5. The molecule has 132 valence electrons. The van der Waals surface area contributed by atoms with E-state index in [4.69, 9.17) is 0 Å². The number of hydrogen-bond donors (Lipinski definition) is 2. The first-order chi connectivity index (χ1) is 12.6. The Morgan fingerprint density at radius 1 is 0.808 bits per heavy atom. The highest BCUT2D eigenvalue weighted by Crippen LogP contribution is 2.19. The molecule has 0 saturated carbocycles. The van der Waals surface area contributed by atoms with E-state index in [1.165, 1.54) is 10.5 Å². The standard InChI is InChI=1S/C23H24N2O/c1-25(2)22(20-11-7-4-8-12-20)17-24-23(26)21-15-13-19(14-16-21)18-9-5-3-6-10-18/h3-16,22H,17H2,1-2H3,(H,24,26)/p+1/t22-/m0/s1. The summed E-state index contributed by atoms with van der Waals surface area (Å²) in [5.74, 6) is -0.0354. The van der Waals surface area contributed by atoms with E-state index < -0.39 is 0 Å². The van der Waals surface area contributed by atoms with Gasteiger partial charge >= 0.3 is 0 Å². The lowest BCUT2D eigenvalue weighted by molar-refractivity contribution is -0.890. The first-order valence-electron chi connectivity index (χ1n) is 8.94. The Bertz CT molecular complexity index is 827. The molecule has 3 aromatic carbocycles. The molecule has 2 N–H and O–H groups in total. The molecule has 1 atom stereocenters. The van der Waals surface area contributed by atoms with E-state index >= 15 is 0 Å². The number of nitrogens with one attached hydrogen (secondary N) is 2. The second-order valence-corrected chi connectivity index (χ2v) is 6.69. The molecular formula is C23H25N2O+. The average molecular weight is 345 g/mol. The van der Waals surface area contributed by atoms with Crippen molar-refractivity contribution in [3.05, 3.63) is 96.1 Å². The third-order valence-corrected chi connectivity index (χ3v) is 4.62. The molecule has 26 heavy (non-hydrogen) atoms. The van der Waals surface area contributed by atoms with Gasteiger partial charge in [-0.25, -0.2) is 0 Å². The lowest BCUT2D eigenvalue weighted by Crippen LogP contribution is -3.07.